The van der Waals surface area contributed by atoms with E-state index in [-0.39, 0.29) is 6.42 Å². The maximum atomic E-state index is 12.9. The van der Waals surface area contributed by atoms with Gasteiger partial charge >= 0.3 is 12.1 Å². The minimum absolute atomic E-state index is 0.00239. The number of nitrogens with one attached hydrogen (secondary N) is 1. The summed E-state index contributed by atoms with van der Waals surface area (Å²) < 4.78 is 38.6. The minimum atomic E-state index is -4.69. The van der Waals surface area contributed by atoms with Gasteiger partial charge in [0.25, 0.3) is 5.91 Å². The van der Waals surface area contributed by atoms with Gasteiger partial charge in [0.15, 0.2) is 0 Å². The van der Waals surface area contributed by atoms with Crippen LogP contribution in [0, 0.1) is 0 Å². The zero-order chi connectivity index (χ0) is 16.9. The predicted octanol–water partition coefficient (Wildman–Crippen LogP) is 3.24. The fourth-order valence-electron chi connectivity index (χ4n) is 1.74. The standard InChI is InChI=1S/C15H16F3NO3/c1-9(2)7-8-12(14(21)22)19-13(20)10-5-3-4-6-11(10)15(16,17)18/h3-7,12H,8H2,1-2H3,(H,19,20)(H,21,22)/t12-/m0/s1. The number of carboxylic acids is 1. The van der Waals surface area contributed by atoms with Gasteiger partial charge in [-0.05, 0) is 32.4 Å². The third kappa shape index (κ3) is 4.91. The van der Waals surface area contributed by atoms with Crippen LogP contribution < -0.4 is 5.32 Å². The molecule has 0 saturated carbocycles. The van der Waals surface area contributed by atoms with Crippen molar-refractivity contribution < 1.29 is 27.9 Å². The first-order valence-electron chi connectivity index (χ1n) is 6.46. The zero-order valence-corrected chi connectivity index (χ0v) is 12.1. The van der Waals surface area contributed by atoms with E-state index in [0.29, 0.717) is 0 Å². The summed E-state index contributed by atoms with van der Waals surface area (Å²) in [5.74, 6) is -2.38. The van der Waals surface area contributed by atoms with Crippen LogP contribution >= 0.6 is 0 Å². The molecule has 1 aromatic rings. The fourth-order valence-corrected chi connectivity index (χ4v) is 1.74. The van der Waals surface area contributed by atoms with Gasteiger partial charge in [-0.25, -0.2) is 4.79 Å². The van der Waals surface area contributed by atoms with Gasteiger partial charge < -0.3 is 10.4 Å². The molecule has 1 rings (SSSR count). The molecule has 7 heteroatoms. The van der Waals surface area contributed by atoms with Gasteiger partial charge in [0.1, 0.15) is 6.04 Å². The Morgan fingerprint density at radius 1 is 1.27 bits per heavy atom. The van der Waals surface area contributed by atoms with Gasteiger partial charge in [0.05, 0.1) is 11.1 Å². The molecule has 0 heterocycles. The van der Waals surface area contributed by atoms with E-state index >= 15 is 0 Å². The highest BCUT2D eigenvalue weighted by Crippen LogP contribution is 2.31. The zero-order valence-electron chi connectivity index (χ0n) is 12.1. The molecule has 0 aliphatic heterocycles. The van der Waals surface area contributed by atoms with Crippen LogP contribution in [0.4, 0.5) is 13.2 Å². The molecule has 1 amide bonds. The molecule has 0 bridgehead atoms. The van der Waals surface area contributed by atoms with E-state index in [9.17, 15) is 22.8 Å². The average molecular weight is 315 g/mol. The molecule has 0 aliphatic rings. The summed E-state index contributed by atoms with van der Waals surface area (Å²) in [7, 11) is 0. The van der Waals surface area contributed by atoms with Gasteiger partial charge in [-0.2, -0.15) is 13.2 Å². The van der Waals surface area contributed by atoms with Crippen LogP contribution in [0.1, 0.15) is 36.2 Å². The lowest BCUT2D eigenvalue weighted by Crippen LogP contribution is -2.41. The molecule has 0 saturated heterocycles. The second kappa shape index (κ2) is 7.11. The molecule has 22 heavy (non-hydrogen) atoms. The molecule has 120 valence electrons. The van der Waals surface area contributed by atoms with Crippen LogP contribution in [0.3, 0.4) is 0 Å². The largest absolute Gasteiger partial charge is 0.480 e. The number of amides is 1. The highest BCUT2D eigenvalue weighted by molar-refractivity contribution is 5.98. The van der Waals surface area contributed by atoms with Gasteiger partial charge in [-0.15, -0.1) is 0 Å². The number of hydrogen-bond donors (Lipinski definition) is 2. The Labute approximate surface area is 125 Å². The lowest BCUT2D eigenvalue weighted by atomic mass is 10.1. The molecule has 0 spiro atoms. The topological polar surface area (TPSA) is 66.4 Å². The van der Waals surface area contributed by atoms with Crippen molar-refractivity contribution in [2.75, 3.05) is 0 Å². The van der Waals surface area contributed by atoms with Crippen molar-refractivity contribution in [3.05, 3.63) is 47.0 Å². The second-order valence-electron chi connectivity index (χ2n) is 4.92. The van der Waals surface area contributed by atoms with Crippen molar-refractivity contribution in [1.82, 2.24) is 5.32 Å². The van der Waals surface area contributed by atoms with Crippen molar-refractivity contribution in [3.63, 3.8) is 0 Å². The van der Waals surface area contributed by atoms with E-state index < -0.39 is 35.2 Å². The first-order chi connectivity index (χ1) is 10.1. The van der Waals surface area contributed by atoms with Crippen LogP contribution in [0.15, 0.2) is 35.9 Å². The van der Waals surface area contributed by atoms with Crippen LogP contribution in [0.5, 0.6) is 0 Å². The smallest absolute Gasteiger partial charge is 0.417 e. The maximum absolute atomic E-state index is 12.9. The lowest BCUT2D eigenvalue weighted by molar-refractivity contribution is -0.139. The Kier molecular flexibility index (Phi) is 5.73. The van der Waals surface area contributed by atoms with Crippen molar-refractivity contribution in [1.29, 1.82) is 0 Å². The summed E-state index contributed by atoms with van der Waals surface area (Å²) in [6, 6.07) is 2.95. The SMILES string of the molecule is CC(C)=CC[C@H](NC(=O)c1ccccc1C(F)(F)F)C(=O)O. The van der Waals surface area contributed by atoms with Crippen molar-refractivity contribution in [2.24, 2.45) is 0 Å². The fraction of sp³-hybridized carbons (Fsp3) is 0.333. The summed E-state index contributed by atoms with van der Waals surface area (Å²) in [6.45, 7) is 3.50. The number of hydrogen-bond acceptors (Lipinski definition) is 2. The minimum Gasteiger partial charge on any atom is -0.480 e. The van der Waals surface area contributed by atoms with E-state index in [1.165, 1.54) is 6.07 Å². The number of carboxylic acid groups (broad SMARTS) is 1. The lowest BCUT2D eigenvalue weighted by Gasteiger charge is -2.16. The number of allylic oxidation sites excluding steroid dienone is 1. The second-order valence-corrected chi connectivity index (χ2v) is 4.92. The predicted molar refractivity (Wildman–Crippen MR) is 74.4 cm³/mol. The van der Waals surface area contributed by atoms with E-state index in [2.05, 4.69) is 5.32 Å². The molecule has 4 nitrogen and oxygen atoms in total. The first kappa shape index (κ1) is 17.7. The molecule has 0 unspecified atom stereocenters. The third-order valence-electron chi connectivity index (χ3n) is 2.84. The number of carbonyl (C=O) groups excluding carboxylic acids is 1. The average Bonchev–Trinajstić information content (AvgIpc) is 2.41. The number of halogens is 3. The van der Waals surface area contributed by atoms with Crippen LogP contribution in [0.2, 0.25) is 0 Å². The Balaban J connectivity index is 3.01. The van der Waals surface area contributed by atoms with Gasteiger partial charge in [-0.3, -0.25) is 4.79 Å². The van der Waals surface area contributed by atoms with E-state index in [4.69, 9.17) is 5.11 Å². The number of benzene rings is 1. The van der Waals surface area contributed by atoms with E-state index in [1.54, 1.807) is 19.9 Å². The summed E-state index contributed by atoms with van der Waals surface area (Å²) in [4.78, 5) is 23.1. The summed E-state index contributed by atoms with van der Waals surface area (Å²) in [5.41, 5.74) is -0.853. The molecule has 0 aliphatic carbocycles. The van der Waals surface area contributed by atoms with E-state index in [1.807, 2.05) is 0 Å². The summed E-state index contributed by atoms with van der Waals surface area (Å²) >= 11 is 0. The first-order valence-corrected chi connectivity index (χ1v) is 6.46. The molecule has 0 radical (unpaired) electrons. The molecule has 1 atom stereocenters. The van der Waals surface area contributed by atoms with Crippen LogP contribution in [-0.2, 0) is 11.0 Å². The molecule has 2 N–H and O–H groups in total. The Morgan fingerprint density at radius 2 is 1.86 bits per heavy atom. The molecule has 0 fully saturated rings. The molecular weight excluding hydrogens is 299 g/mol. The molecular formula is C15H16F3NO3. The van der Waals surface area contributed by atoms with Crippen LogP contribution in [-0.4, -0.2) is 23.0 Å². The van der Waals surface area contributed by atoms with Gasteiger partial charge in [0, 0.05) is 0 Å². The Bertz CT molecular complexity index is 590. The highest BCUT2D eigenvalue weighted by atomic mass is 19.4. The number of rotatable bonds is 5. The normalized spacial score (nSPS) is 12.4. The summed E-state index contributed by atoms with van der Waals surface area (Å²) in [5, 5.41) is 11.2. The Morgan fingerprint density at radius 3 is 2.36 bits per heavy atom. The highest BCUT2D eigenvalue weighted by Gasteiger charge is 2.35. The van der Waals surface area contributed by atoms with Gasteiger partial charge in [0.2, 0.25) is 0 Å². The number of aliphatic carboxylic acids is 1. The van der Waals surface area contributed by atoms with Crippen molar-refractivity contribution in [3.8, 4) is 0 Å². The Hall–Kier alpha value is -2.31. The van der Waals surface area contributed by atoms with Crippen LogP contribution in [0.25, 0.3) is 0 Å². The van der Waals surface area contributed by atoms with Crippen molar-refractivity contribution >= 4 is 11.9 Å². The van der Waals surface area contributed by atoms with E-state index in [0.717, 1.165) is 23.8 Å². The summed E-state index contributed by atoms with van der Waals surface area (Å²) in [6.07, 6.45) is -3.10. The molecule has 0 aromatic heterocycles. The maximum Gasteiger partial charge on any atom is 0.417 e. The monoisotopic (exact) mass is 315 g/mol. The third-order valence-corrected chi connectivity index (χ3v) is 2.84. The molecule has 1 aromatic carbocycles. The number of alkyl halides is 3. The van der Waals surface area contributed by atoms with Gasteiger partial charge in [-0.1, -0.05) is 23.8 Å². The quantitative estimate of drug-likeness (QED) is 0.820. The van der Waals surface area contributed by atoms with Crippen molar-refractivity contribution in [2.45, 2.75) is 32.5 Å². The number of carbonyl (C=O) groups is 2.